The van der Waals surface area contributed by atoms with Crippen molar-refractivity contribution in [3.63, 3.8) is 0 Å². The smallest absolute Gasteiger partial charge is 0.125 e. The molecule has 94 valence electrons. The van der Waals surface area contributed by atoms with Crippen molar-refractivity contribution >= 4 is 17.2 Å². The molecule has 2 heterocycles. The Morgan fingerprint density at radius 1 is 1.22 bits per heavy atom. The maximum Gasteiger partial charge on any atom is 0.125 e. The van der Waals surface area contributed by atoms with Gasteiger partial charge in [-0.05, 0) is 37.8 Å². The van der Waals surface area contributed by atoms with E-state index in [0.29, 0.717) is 0 Å². The van der Waals surface area contributed by atoms with Gasteiger partial charge in [0.25, 0.3) is 0 Å². The highest BCUT2D eigenvalue weighted by Gasteiger charge is 2.14. The van der Waals surface area contributed by atoms with Crippen molar-refractivity contribution in [2.75, 3.05) is 11.9 Å². The number of thiazole rings is 1. The lowest BCUT2D eigenvalue weighted by molar-refractivity contribution is 0.680. The molecule has 0 radical (unpaired) electrons. The SMILES string of the molecule is c1ccc(NCCc2nc3c(s2)CCCC3)nc1. The van der Waals surface area contributed by atoms with Crippen LogP contribution in [0.15, 0.2) is 24.4 Å². The largest absolute Gasteiger partial charge is 0.370 e. The maximum atomic E-state index is 4.74. The summed E-state index contributed by atoms with van der Waals surface area (Å²) in [4.78, 5) is 10.5. The van der Waals surface area contributed by atoms with Crippen LogP contribution in [0.4, 0.5) is 5.82 Å². The van der Waals surface area contributed by atoms with Crippen LogP contribution in [0.1, 0.15) is 28.4 Å². The first-order valence-corrected chi connectivity index (χ1v) is 7.36. The van der Waals surface area contributed by atoms with E-state index in [2.05, 4.69) is 10.3 Å². The maximum absolute atomic E-state index is 4.74. The number of hydrogen-bond donors (Lipinski definition) is 1. The second kappa shape index (κ2) is 5.48. The molecule has 0 unspecified atom stereocenters. The fourth-order valence-corrected chi connectivity index (χ4v) is 3.43. The highest BCUT2D eigenvalue weighted by Crippen LogP contribution is 2.26. The van der Waals surface area contributed by atoms with Crippen LogP contribution < -0.4 is 5.32 Å². The van der Waals surface area contributed by atoms with E-state index in [1.165, 1.54) is 41.3 Å². The summed E-state index contributed by atoms with van der Waals surface area (Å²) in [6, 6.07) is 5.92. The van der Waals surface area contributed by atoms with Gasteiger partial charge in [0.15, 0.2) is 0 Å². The fraction of sp³-hybridized carbons (Fsp3) is 0.429. The van der Waals surface area contributed by atoms with Crippen LogP contribution in [0.2, 0.25) is 0 Å². The predicted molar refractivity (Wildman–Crippen MR) is 75.2 cm³/mol. The number of hydrogen-bond acceptors (Lipinski definition) is 4. The third kappa shape index (κ3) is 2.70. The Hall–Kier alpha value is -1.42. The highest BCUT2D eigenvalue weighted by atomic mass is 32.1. The summed E-state index contributed by atoms with van der Waals surface area (Å²) in [5.41, 5.74) is 1.36. The number of aryl methyl sites for hydroxylation is 2. The first kappa shape index (κ1) is 11.7. The molecule has 0 atom stereocenters. The average molecular weight is 259 g/mol. The van der Waals surface area contributed by atoms with Gasteiger partial charge in [-0.15, -0.1) is 11.3 Å². The van der Waals surface area contributed by atoms with Crippen molar-refractivity contribution in [2.45, 2.75) is 32.1 Å². The molecule has 0 aliphatic heterocycles. The zero-order valence-electron chi connectivity index (χ0n) is 10.4. The van der Waals surface area contributed by atoms with E-state index in [1.54, 1.807) is 0 Å². The van der Waals surface area contributed by atoms with E-state index >= 15 is 0 Å². The Labute approximate surface area is 111 Å². The summed E-state index contributed by atoms with van der Waals surface area (Å²) in [6.45, 7) is 0.906. The van der Waals surface area contributed by atoms with Crippen molar-refractivity contribution < 1.29 is 0 Å². The van der Waals surface area contributed by atoms with Crippen molar-refractivity contribution in [2.24, 2.45) is 0 Å². The number of aromatic nitrogens is 2. The molecular weight excluding hydrogens is 242 g/mol. The monoisotopic (exact) mass is 259 g/mol. The van der Waals surface area contributed by atoms with Crippen molar-refractivity contribution in [3.05, 3.63) is 40.0 Å². The number of nitrogens with one attached hydrogen (secondary N) is 1. The molecule has 1 N–H and O–H groups in total. The van der Waals surface area contributed by atoms with Crippen LogP contribution in [-0.2, 0) is 19.3 Å². The summed E-state index contributed by atoms with van der Waals surface area (Å²) in [5.74, 6) is 0.943. The Kier molecular flexibility index (Phi) is 3.55. The predicted octanol–water partition coefficient (Wildman–Crippen LogP) is 3.07. The molecule has 1 aliphatic rings. The van der Waals surface area contributed by atoms with Gasteiger partial charge in [0.05, 0.1) is 10.7 Å². The Morgan fingerprint density at radius 3 is 3.00 bits per heavy atom. The van der Waals surface area contributed by atoms with E-state index < -0.39 is 0 Å². The number of fused-ring (bicyclic) bond motifs is 1. The molecule has 2 aromatic rings. The molecule has 0 saturated carbocycles. The van der Waals surface area contributed by atoms with E-state index in [-0.39, 0.29) is 0 Å². The van der Waals surface area contributed by atoms with Crippen molar-refractivity contribution in [3.8, 4) is 0 Å². The molecule has 0 bridgehead atoms. The summed E-state index contributed by atoms with van der Waals surface area (Å²) < 4.78 is 0. The summed E-state index contributed by atoms with van der Waals surface area (Å²) >= 11 is 1.90. The Balaban J connectivity index is 1.55. The highest BCUT2D eigenvalue weighted by molar-refractivity contribution is 7.11. The first-order valence-electron chi connectivity index (χ1n) is 6.54. The van der Waals surface area contributed by atoms with Gasteiger partial charge in [-0.2, -0.15) is 0 Å². The molecule has 0 spiro atoms. The van der Waals surface area contributed by atoms with Gasteiger partial charge in [-0.1, -0.05) is 6.07 Å². The topological polar surface area (TPSA) is 37.8 Å². The van der Waals surface area contributed by atoms with Crippen LogP contribution in [0.5, 0.6) is 0 Å². The molecule has 18 heavy (non-hydrogen) atoms. The van der Waals surface area contributed by atoms with Gasteiger partial charge in [0.1, 0.15) is 5.82 Å². The van der Waals surface area contributed by atoms with Gasteiger partial charge in [0, 0.05) is 24.0 Å². The molecule has 0 amide bonds. The normalized spacial score (nSPS) is 14.2. The molecule has 3 nitrogen and oxygen atoms in total. The first-order chi connectivity index (χ1) is 8.92. The van der Waals surface area contributed by atoms with Gasteiger partial charge < -0.3 is 5.32 Å². The Bertz CT molecular complexity index is 484. The number of rotatable bonds is 4. The Morgan fingerprint density at radius 2 is 2.17 bits per heavy atom. The van der Waals surface area contributed by atoms with Gasteiger partial charge in [0.2, 0.25) is 0 Å². The number of anilines is 1. The minimum Gasteiger partial charge on any atom is -0.370 e. The quantitative estimate of drug-likeness (QED) is 0.917. The van der Waals surface area contributed by atoms with E-state index in [0.717, 1.165) is 18.8 Å². The zero-order chi connectivity index (χ0) is 12.2. The summed E-state index contributed by atoms with van der Waals surface area (Å²) in [6.07, 6.45) is 7.86. The fourth-order valence-electron chi connectivity index (χ4n) is 2.28. The molecule has 4 heteroatoms. The molecule has 0 saturated heterocycles. The standard InChI is InChI=1S/C14H17N3S/c1-2-6-12-11(5-1)17-14(18-12)8-10-16-13-7-3-4-9-15-13/h3-4,7,9H,1-2,5-6,8,10H2,(H,15,16). The van der Waals surface area contributed by atoms with E-state index in [1.807, 2.05) is 35.7 Å². The van der Waals surface area contributed by atoms with Gasteiger partial charge in [-0.3, -0.25) is 0 Å². The third-order valence-corrected chi connectivity index (χ3v) is 4.42. The second-order valence-corrected chi connectivity index (χ2v) is 5.74. The van der Waals surface area contributed by atoms with Crippen molar-refractivity contribution in [1.82, 2.24) is 9.97 Å². The van der Waals surface area contributed by atoms with Crippen LogP contribution >= 0.6 is 11.3 Å². The lowest BCUT2D eigenvalue weighted by atomic mass is 10.0. The molecule has 1 aliphatic carbocycles. The lowest BCUT2D eigenvalue weighted by Gasteiger charge is -2.06. The van der Waals surface area contributed by atoms with E-state index in [9.17, 15) is 0 Å². The molecule has 3 rings (SSSR count). The summed E-state index contributed by atoms with van der Waals surface area (Å²) in [7, 11) is 0. The summed E-state index contributed by atoms with van der Waals surface area (Å²) in [5, 5.41) is 4.60. The van der Waals surface area contributed by atoms with E-state index in [4.69, 9.17) is 4.98 Å². The van der Waals surface area contributed by atoms with Crippen LogP contribution in [0, 0.1) is 0 Å². The molecular formula is C14H17N3S. The average Bonchev–Trinajstić information content (AvgIpc) is 2.82. The third-order valence-electron chi connectivity index (χ3n) is 3.20. The van der Waals surface area contributed by atoms with Crippen LogP contribution in [0.25, 0.3) is 0 Å². The molecule has 0 aromatic carbocycles. The minimum absolute atomic E-state index is 0.906. The molecule has 0 fully saturated rings. The minimum atomic E-state index is 0.906. The van der Waals surface area contributed by atoms with Crippen LogP contribution in [-0.4, -0.2) is 16.5 Å². The van der Waals surface area contributed by atoms with Gasteiger partial charge in [-0.25, -0.2) is 9.97 Å². The zero-order valence-corrected chi connectivity index (χ0v) is 11.2. The number of pyridine rings is 1. The van der Waals surface area contributed by atoms with Crippen LogP contribution in [0.3, 0.4) is 0 Å². The van der Waals surface area contributed by atoms with Gasteiger partial charge >= 0.3 is 0 Å². The van der Waals surface area contributed by atoms with Crippen molar-refractivity contribution in [1.29, 1.82) is 0 Å². The second-order valence-electron chi connectivity index (χ2n) is 4.58. The number of nitrogens with zero attached hydrogens (tertiary/aromatic N) is 2. The lowest BCUT2D eigenvalue weighted by Crippen LogP contribution is -2.05. The molecule has 2 aromatic heterocycles.